The molecule has 0 amide bonds. The third-order valence-corrected chi connectivity index (χ3v) is 4.84. The van der Waals surface area contributed by atoms with Crippen molar-refractivity contribution >= 4 is 0 Å². The number of rotatable bonds is 5. The summed E-state index contributed by atoms with van der Waals surface area (Å²) in [6, 6.07) is 11.7. The normalized spacial score (nSPS) is 27.2. The summed E-state index contributed by atoms with van der Waals surface area (Å²) >= 11 is 0. The fourth-order valence-electron chi connectivity index (χ4n) is 3.53. The molecule has 1 heterocycles. The Morgan fingerprint density at radius 1 is 1.20 bits per heavy atom. The van der Waals surface area contributed by atoms with E-state index in [1.54, 1.807) is 0 Å². The molecule has 2 rings (SSSR count). The second kappa shape index (κ2) is 6.73. The molecule has 1 saturated heterocycles. The maximum absolute atomic E-state index is 3.40. The Labute approximate surface area is 124 Å². The molecule has 0 bridgehead atoms. The van der Waals surface area contributed by atoms with Crippen LogP contribution in [0.2, 0.25) is 0 Å². The fourth-order valence-corrected chi connectivity index (χ4v) is 3.53. The Morgan fingerprint density at radius 3 is 2.55 bits per heavy atom. The van der Waals surface area contributed by atoms with Crippen molar-refractivity contribution in [2.45, 2.75) is 45.1 Å². The monoisotopic (exact) mass is 274 g/mol. The summed E-state index contributed by atoms with van der Waals surface area (Å²) in [5.41, 5.74) is 1.63. The highest BCUT2D eigenvalue weighted by molar-refractivity contribution is 5.25. The molecule has 0 aromatic heterocycles. The molecule has 3 unspecified atom stereocenters. The van der Waals surface area contributed by atoms with Gasteiger partial charge in [-0.05, 0) is 38.3 Å². The Kier molecular flexibility index (Phi) is 5.22. The SMILES string of the molecule is CNCC(C)(CN1CC(C)CCC1C)c1ccccc1. The number of likely N-dealkylation sites (tertiary alicyclic amines) is 1. The summed E-state index contributed by atoms with van der Waals surface area (Å²) in [5, 5.41) is 3.40. The van der Waals surface area contributed by atoms with E-state index in [1.165, 1.54) is 24.9 Å². The largest absolute Gasteiger partial charge is 0.319 e. The summed E-state index contributed by atoms with van der Waals surface area (Å²) in [4.78, 5) is 2.69. The van der Waals surface area contributed by atoms with E-state index >= 15 is 0 Å². The molecule has 1 fully saturated rings. The van der Waals surface area contributed by atoms with Gasteiger partial charge < -0.3 is 5.32 Å². The quantitative estimate of drug-likeness (QED) is 0.886. The maximum Gasteiger partial charge on any atom is 0.0177 e. The smallest absolute Gasteiger partial charge is 0.0177 e. The van der Waals surface area contributed by atoms with Gasteiger partial charge >= 0.3 is 0 Å². The lowest BCUT2D eigenvalue weighted by molar-refractivity contribution is 0.0977. The molecule has 1 N–H and O–H groups in total. The van der Waals surface area contributed by atoms with Crippen LogP contribution in [0.3, 0.4) is 0 Å². The van der Waals surface area contributed by atoms with Crippen molar-refractivity contribution in [1.82, 2.24) is 10.2 Å². The van der Waals surface area contributed by atoms with Gasteiger partial charge in [0.1, 0.15) is 0 Å². The summed E-state index contributed by atoms with van der Waals surface area (Å²) in [6.07, 6.45) is 2.72. The second-order valence-corrected chi connectivity index (χ2v) is 6.92. The molecular weight excluding hydrogens is 244 g/mol. The number of likely N-dealkylation sites (N-methyl/N-ethyl adjacent to an activating group) is 1. The van der Waals surface area contributed by atoms with Gasteiger partial charge in [0.15, 0.2) is 0 Å². The van der Waals surface area contributed by atoms with Crippen LogP contribution in [-0.4, -0.2) is 37.6 Å². The van der Waals surface area contributed by atoms with Crippen LogP contribution in [0.25, 0.3) is 0 Å². The summed E-state index contributed by atoms with van der Waals surface area (Å²) in [7, 11) is 2.06. The summed E-state index contributed by atoms with van der Waals surface area (Å²) in [6.45, 7) is 10.6. The van der Waals surface area contributed by atoms with Crippen molar-refractivity contribution in [2.75, 3.05) is 26.7 Å². The molecule has 112 valence electrons. The summed E-state index contributed by atoms with van der Waals surface area (Å²) < 4.78 is 0. The molecule has 1 aliphatic heterocycles. The van der Waals surface area contributed by atoms with Crippen LogP contribution in [-0.2, 0) is 5.41 Å². The van der Waals surface area contributed by atoms with Crippen LogP contribution >= 0.6 is 0 Å². The van der Waals surface area contributed by atoms with Crippen LogP contribution in [0, 0.1) is 5.92 Å². The molecule has 1 aromatic carbocycles. The minimum atomic E-state index is 0.182. The summed E-state index contributed by atoms with van der Waals surface area (Å²) in [5.74, 6) is 0.834. The molecule has 0 radical (unpaired) electrons. The van der Waals surface area contributed by atoms with Gasteiger partial charge in [-0.15, -0.1) is 0 Å². The highest BCUT2D eigenvalue weighted by Gasteiger charge is 2.32. The first-order chi connectivity index (χ1) is 9.55. The molecular formula is C18H30N2. The van der Waals surface area contributed by atoms with Gasteiger partial charge in [0.2, 0.25) is 0 Å². The lowest BCUT2D eigenvalue weighted by atomic mass is 9.80. The van der Waals surface area contributed by atoms with E-state index in [0.717, 1.165) is 19.0 Å². The number of nitrogens with one attached hydrogen (secondary N) is 1. The highest BCUT2D eigenvalue weighted by Crippen LogP contribution is 2.29. The van der Waals surface area contributed by atoms with Crippen molar-refractivity contribution in [3.63, 3.8) is 0 Å². The first-order valence-electron chi connectivity index (χ1n) is 7.99. The van der Waals surface area contributed by atoms with E-state index < -0.39 is 0 Å². The van der Waals surface area contributed by atoms with Crippen LogP contribution in [0.4, 0.5) is 0 Å². The van der Waals surface area contributed by atoms with Crippen molar-refractivity contribution in [2.24, 2.45) is 5.92 Å². The van der Waals surface area contributed by atoms with Crippen LogP contribution in [0.1, 0.15) is 39.2 Å². The van der Waals surface area contributed by atoms with E-state index in [-0.39, 0.29) is 5.41 Å². The van der Waals surface area contributed by atoms with Gasteiger partial charge in [-0.1, -0.05) is 44.2 Å². The van der Waals surface area contributed by atoms with Crippen molar-refractivity contribution in [1.29, 1.82) is 0 Å². The number of hydrogen-bond donors (Lipinski definition) is 1. The van der Waals surface area contributed by atoms with Crippen molar-refractivity contribution < 1.29 is 0 Å². The van der Waals surface area contributed by atoms with Crippen molar-refractivity contribution in [3.8, 4) is 0 Å². The lowest BCUT2D eigenvalue weighted by Gasteiger charge is -2.43. The van der Waals surface area contributed by atoms with Crippen molar-refractivity contribution in [3.05, 3.63) is 35.9 Å². The Balaban J connectivity index is 2.16. The molecule has 0 aliphatic carbocycles. The maximum atomic E-state index is 3.40. The van der Waals surface area contributed by atoms with Gasteiger partial charge in [-0.3, -0.25) is 4.90 Å². The van der Waals surface area contributed by atoms with E-state index in [2.05, 4.69) is 68.4 Å². The zero-order valence-corrected chi connectivity index (χ0v) is 13.5. The number of piperidine rings is 1. The number of nitrogens with zero attached hydrogens (tertiary/aromatic N) is 1. The number of hydrogen-bond acceptors (Lipinski definition) is 2. The Bertz CT molecular complexity index is 403. The molecule has 2 heteroatoms. The average molecular weight is 274 g/mol. The van der Waals surface area contributed by atoms with E-state index in [0.29, 0.717) is 6.04 Å². The highest BCUT2D eigenvalue weighted by atomic mass is 15.2. The average Bonchev–Trinajstić information content (AvgIpc) is 2.44. The lowest BCUT2D eigenvalue weighted by Crippen LogP contribution is -2.50. The van der Waals surface area contributed by atoms with Gasteiger partial charge in [-0.25, -0.2) is 0 Å². The van der Waals surface area contributed by atoms with Gasteiger partial charge in [0, 0.05) is 31.1 Å². The standard InChI is InChI=1S/C18H30N2/c1-15-10-11-16(2)20(12-15)14-18(3,13-19-4)17-8-6-5-7-9-17/h5-9,15-16,19H,10-14H2,1-4H3. The molecule has 1 aliphatic rings. The van der Waals surface area contributed by atoms with E-state index in [1.807, 2.05) is 0 Å². The molecule has 0 spiro atoms. The zero-order valence-electron chi connectivity index (χ0n) is 13.5. The third-order valence-electron chi connectivity index (χ3n) is 4.84. The third kappa shape index (κ3) is 3.62. The molecule has 20 heavy (non-hydrogen) atoms. The minimum Gasteiger partial charge on any atom is -0.319 e. The van der Waals surface area contributed by atoms with Crippen LogP contribution < -0.4 is 5.32 Å². The zero-order chi connectivity index (χ0) is 14.6. The van der Waals surface area contributed by atoms with E-state index in [9.17, 15) is 0 Å². The first-order valence-corrected chi connectivity index (χ1v) is 7.99. The number of benzene rings is 1. The minimum absolute atomic E-state index is 0.182. The predicted molar refractivity (Wildman–Crippen MR) is 87.2 cm³/mol. The fraction of sp³-hybridized carbons (Fsp3) is 0.667. The van der Waals surface area contributed by atoms with Gasteiger partial charge in [-0.2, -0.15) is 0 Å². The Hall–Kier alpha value is -0.860. The van der Waals surface area contributed by atoms with E-state index in [4.69, 9.17) is 0 Å². The molecule has 0 saturated carbocycles. The topological polar surface area (TPSA) is 15.3 Å². The first kappa shape index (κ1) is 15.5. The van der Waals surface area contributed by atoms with Gasteiger partial charge in [0.05, 0.1) is 0 Å². The van der Waals surface area contributed by atoms with Gasteiger partial charge in [0.25, 0.3) is 0 Å². The molecule has 1 aromatic rings. The Morgan fingerprint density at radius 2 is 1.90 bits per heavy atom. The van der Waals surface area contributed by atoms with Crippen LogP contribution in [0.15, 0.2) is 30.3 Å². The van der Waals surface area contributed by atoms with Crippen LogP contribution in [0.5, 0.6) is 0 Å². The molecule has 2 nitrogen and oxygen atoms in total. The molecule has 3 atom stereocenters. The predicted octanol–water partition coefficient (Wildman–Crippen LogP) is 3.28. The second-order valence-electron chi connectivity index (χ2n) is 6.92.